The van der Waals surface area contributed by atoms with Gasteiger partial charge in [0.15, 0.2) is 5.82 Å². The number of rotatable bonds is 2. The largest absolute Gasteiger partial charge is 0.507 e. The van der Waals surface area contributed by atoms with Crippen LogP contribution in [0.3, 0.4) is 0 Å². The number of para-hydroxylation sites is 1. The van der Waals surface area contributed by atoms with Gasteiger partial charge in [-0.15, -0.1) is 0 Å². The molecule has 0 atom stereocenters. The molecule has 4 nitrogen and oxygen atoms in total. The van der Waals surface area contributed by atoms with Crippen LogP contribution in [0.25, 0.3) is 22.3 Å². The number of phenols is 1. The van der Waals surface area contributed by atoms with Crippen LogP contribution >= 0.6 is 0 Å². The number of aromatic nitrogens is 2. The second kappa shape index (κ2) is 5.05. The van der Waals surface area contributed by atoms with Gasteiger partial charge < -0.3 is 10.0 Å². The molecule has 3 rings (SSSR count). The van der Waals surface area contributed by atoms with E-state index in [4.69, 9.17) is 0 Å². The van der Waals surface area contributed by atoms with E-state index in [9.17, 15) is 5.11 Å². The molecule has 0 unspecified atom stereocenters. The topological polar surface area (TPSA) is 49.3 Å². The Balaban J connectivity index is 2.35. The Hall–Kier alpha value is -2.62. The number of anilines is 1. The van der Waals surface area contributed by atoms with Crippen LogP contribution in [0.2, 0.25) is 0 Å². The SMILES string of the molecule is Cc1cccc2nc(-c3ccccc3O)nc(N(C)C)c12. The number of nitrogens with zero attached hydrogens (tertiary/aromatic N) is 3. The molecule has 1 N–H and O–H groups in total. The van der Waals surface area contributed by atoms with E-state index < -0.39 is 0 Å². The minimum absolute atomic E-state index is 0.189. The first-order valence-corrected chi connectivity index (χ1v) is 6.81. The maximum absolute atomic E-state index is 10.0. The van der Waals surface area contributed by atoms with Crippen molar-refractivity contribution in [3.05, 3.63) is 48.0 Å². The van der Waals surface area contributed by atoms with E-state index in [0.717, 1.165) is 22.3 Å². The van der Waals surface area contributed by atoms with Gasteiger partial charge in [-0.2, -0.15) is 0 Å². The smallest absolute Gasteiger partial charge is 0.165 e. The lowest BCUT2D eigenvalue weighted by Crippen LogP contribution is -2.13. The van der Waals surface area contributed by atoms with Crippen LogP contribution in [0.1, 0.15) is 5.56 Å². The average molecular weight is 279 g/mol. The van der Waals surface area contributed by atoms with Crippen molar-refractivity contribution < 1.29 is 5.11 Å². The number of aryl methyl sites for hydroxylation is 1. The third-order valence-electron chi connectivity index (χ3n) is 3.48. The van der Waals surface area contributed by atoms with E-state index in [-0.39, 0.29) is 5.75 Å². The normalized spacial score (nSPS) is 10.8. The van der Waals surface area contributed by atoms with E-state index in [2.05, 4.69) is 23.0 Å². The number of fused-ring (bicyclic) bond motifs is 1. The van der Waals surface area contributed by atoms with Gasteiger partial charge in [0.2, 0.25) is 0 Å². The first kappa shape index (κ1) is 13.4. The Morgan fingerprint density at radius 3 is 2.43 bits per heavy atom. The van der Waals surface area contributed by atoms with Crippen molar-refractivity contribution in [1.82, 2.24) is 9.97 Å². The number of phenolic OH excluding ortho intramolecular Hbond substituents is 1. The molecule has 0 radical (unpaired) electrons. The lowest BCUT2D eigenvalue weighted by molar-refractivity contribution is 0.477. The fraction of sp³-hybridized carbons (Fsp3) is 0.176. The molecule has 0 aliphatic heterocycles. The van der Waals surface area contributed by atoms with Gasteiger partial charge in [0, 0.05) is 19.5 Å². The van der Waals surface area contributed by atoms with Crippen LogP contribution in [-0.4, -0.2) is 29.2 Å². The molecule has 4 heteroatoms. The number of aromatic hydroxyl groups is 1. The summed E-state index contributed by atoms with van der Waals surface area (Å²) in [4.78, 5) is 11.2. The Bertz CT molecular complexity index is 812. The minimum atomic E-state index is 0.189. The summed E-state index contributed by atoms with van der Waals surface area (Å²) < 4.78 is 0. The highest BCUT2D eigenvalue weighted by atomic mass is 16.3. The van der Waals surface area contributed by atoms with Crippen LogP contribution in [0, 0.1) is 6.92 Å². The quantitative estimate of drug-likeness (QED) is 0.781. The van der Waals surface area contributed by atoms with E-state index in [0.29, 0.717) is 11.4 Å². The minimum Gasteiger partial charge on any atom is -0.507 e. The van der Waals surface area contributed by atoms with Gasteiger partial charge in [-0.1, -0.05) is 24.3 Å². The first-order chi connectivity index (χ1) is 10.1. The molecule has 0 aliphatic rings. The van der Waals surface area contributed by atoms with Crippen LogP contribution in [0.15, 0.2) is 42.5 Å². The van der Waals surface area contributed by atoms with E-state index in [1.54, 1.807) is 12.1 Å². The molecule has 0 amide bonds. The Kier molecular flexibility index (Phi) is 3.22. The molecule has 0 aliphatic carbocycles. The zero-order valence-corrected chi connectivity index (χ0v) is 12.3. The standard InChI is InChI=1S/C17H17N3O/c1-11-7-6-9-13-15(11)17(20(2)3)19-16(18-13)12-8-4-5-10-14(12)21/h4-10,21H,1-3H3. The lowest BCUT2D eigenvalue weighted by Gasteiger charge is -2.17. The van der Waals surface area contributed by atoms with E-state index in [1.807, 2.05) is 43.3 Å². The van der Waals surface area contributed by atoms with E-state index >= 15 is 0 Å². The molecule has 1 heterocycles. The van der Waals surface area contributed by atoms with Gasteiger partial charge in [0.05, 0.1) is 11.1 Å². The summed E-state index contributed by atoms with van der Waals surface area (Å²) >= 11 is 0. The van der Waals surface area contributed by atoms with Crippen LogP contribution in [0.5, 0.6) is 5.75 Å². The summed E-state index contributed by atoms with van der Waals surface area (Å²) in [5.41, 5.74) is 2.66. The maximum Gasteiger partial charge on any atom is 0.165 e. The number of hydrogen-bond donors (Lipinski definition) is 1. The Morgan fingerprint density at radius 1 is 0.952 bits per heavy atom. The molecule has 2 aromatic carbocycles. The summed E-state index contributed by atoms with van der Waals surface area (Å²) in [5, 5.41) is 11.1. The maximum atomic E-state index is 10.0. The first-order valence-electron chi connectivity index (χ1n) is 6.81. The molecule has 0 fully saturated rings. The number of hydrogen-bond acceptors (Lipinski definition) is 4. The zero-order valence-electron chi connectivity index (χ0n) is 12.3. The van der Waals surface area contributed by atoms with Crippen LogP contribution in [0.4, 0.5) is 5.82 Å². The second-order valence-corrected chi connectivity index (χ2v) is 5.25. The Morgan fingerprint density at radius 2 is 1.71 bits per heavy atom. The van der Waals surface area contributed by atoms with Crippen molar-refractivity contribution in [1.29, 1.82) is 0 Å². The summed E-state index contributed by atoms with van der Waals surface area (Å²) in [6.07, 6.45) is 0. The number of benzene rings is 2. The van der Waals surface area contributed by atoms with Gasteiger partial charge in [-0.05, 0) is 30.7 Å². The van der Waals surface area contributed by atoms with Crippen molar-refractivity contribution in [2.75, 3.05) is 19.0 Å². The third-order valence-corrected chi connectivity index (χ3v) is 3.48. The van der Waals surface area contributed by atoms with Crippen molar-refractivity contribution in [3.8, 4) is 17.1 Å². The van der Waals surface area contributed by atoms with Crippen molar-refractivity contribution >= 4 is 16.7 Å². The van der Waals surface area contributed by atoms with Gasteiger partial charge in [-0.25, -0.2) is 9.97 Å². The molecular formula is C17H17N3O. The van der Waals surface area contributed by atoms with Crippen molar-refractivity contribution in [2.45, 2.75) is 6.92 Å². The van der Waals surface area contributed by atoms with Gasteiger partial charge in [-0.3, -0.25) is 0 Å². The van der Waals surface area contributed by atoms with Gasteiger partial charge in [0.1, 0.15) is 11.6 Å². The fourth-order valence-corrected chi connectivity index (χ4v) is 2.44. The molecular weight excluding hydrogens is 262 g/mol. The van der Waals surface area contributed by atoms with Gasteiger partial charge in [0.25, 0.3) is 0 Å². The highest BCUT2D eigenvalue weighted by molar-refractivity contribution is 5.93. The zero-order chi connectivity index (χ0) is 15.0. The molecule has 106 valence electrons. The predicted molar refractivity (Wildman–Crippen MR) is 85.7 cm³/mol. The van der Waals surface area contributed by atoms with Crippen LogP contribution in [-0.2, 0) is 0 Å². The lowest BCUT2D eigenvalue weighted by atomic mass is 10.1. The summed E-state index contributed by atoms with van der Waals surface area (Å²) in [7, 11) is 3.92. The molecule has 0 saturated heterocycles. The van der Waals surface area contributed by atoms with Crippen LogP contribution < -0.4 is 4.90 Å². The molecule has 21 heavy (non-hydrogen) atoms. The van der Waals surface area contributed by atoms with E-state index in [1.165, 1.54) is 0 Å². The molecule has 0 spiro atoms. The van der Waals surface area contributed by atoms with Crippen molar-refractivity contribution in [3.63, 3.8) is 0 Å². The van der Waals surface area contributed by atoms with Gasteiger partial charge >= 0.3 is 0 Å². The molecule has 1 aromatic heterocycles. The molecule has 3 aromatic rings. The predicted octanol–water partition coefficient (Wildman–Crippen LogP) is 3.38. The monoisotopic (exact) mass is 279 g/mol. The summed E-state index contributed by atoms with van der Waals surface area (Å²) in [5.74, 6) is 1.58. The highest BCUT2D eigenvalue weighted by Gasteiger charge is 2.14. The Labute approximate surface area is 123 Å². The molecule has 0 bridgehead atoms. The molecule has 0 saturated carbocycles. The summed E-state index contributed by atoms with van der Waals surface area (Å²) in [6.45, 7) is 2.05. The van der Waals surface area contributed by atoms with Crippen molar-refractivity contribution in [2.24, 2.45) is 0 Å². The highest BCUT2D eigenvalue weighted by Crippen LogP contribution is 2.32. The second-order valence-electron chi connectivity index (χ2n) is 5.25. The summed E-state index contributed by atoms with van der Waals surface area (Å²) in [6, 6.07) is 13.1. The average Bonchev–Trinajstić information content (AvgIpc) is 2.46. The third kappa shape index (κ3) is 2.29. The fourth-order valence-electron chi connectivity index (χ4n) is 2.44.